The van der Waals surface area contributed by atoms with Crippen LogP contribution in [0.5, 0.6) is 11.5 Å². The van der Waals surface area contributed by atoms with Gasteiger partial charge in [-0.05, 0) is 61.7 Å². The second-order valence-electron chi connectivity index (χ2n) is 8.51. The molecule has 4 fully saturated rings. The standard InChI is InChI=1S/C23H23FN2O3/c24-18-4-2-1-3-16(18)23(27)26-12-17(15-5-6-19-20(11-15)29-13-28-19)22-21(26)14-7-9-25(22)10-8-14/h1-6,11,14,17,21-22H,7-10,12-13H2/t17-,21+,22+/m0/s1. The number of hydrogen-bond acceptors (Lipinski definition) is 4. The lowest BCUT2D eigenvalue weighted by molar-refractivity contribution is -0.00354. The van der Waals surface area contributed by atoms with E-state index in [-0.39, 0.29) is 36.3 Å². The van der Waals surface area contributed by atoms with Gasteiger partial charge in [0.25, 0.3) is 5.91 Å². The Hall–Kier alpha value is -2.60. The first-order chi connectivity index (χ1) is 14.2. The van der Waals surface area contributed by atoms with E-state index >= 15 is 0 Å². The van der Waals surface area contributed by atoms with Gasteiger partial charge in [-0.25, -0.2) is 4.39 Å². The van der Waals surface area contributed by atoms with Crippen molar-refractivity contribution in [2.24, 2.45) is 5.92 Å². The van der Waals surface area contributed by atoms with Crippen LogP contribution in [0.3, 0.4) is 0 Å². The molecule has 3 atom stereocenters. The molecule has 5 aliphatic rings. The Bertz CT molecular complexity index is 972. The molecule has 0 aromatic heterocycles. The van der Waals surface area contributed by atoms with Crippen LogP contribution in [0, 0.1) is 11.7 Å². The number of ether oxygens (including phenoxy) is 2. The summed E-state index contributed by atoms with van der Waals surface area (Å²) in [4.78, 5) is 17.9. The van der Waals surface area contributed by atoms with E-state index in [0.717, 1.165) is 37.4 Å². The quantitative estimate of drug-likeness (QED) is 0.784. The zero-order chi connectivity index (χ0) is 19.5. The lowest BCUT2D eigenvalue weighted by Crippen LogP contribution is -2.60. The van der Waals surface area contributed by atoms with E-state index in [2.05, 4.69) is 17.0 Å². The van der Waals surface area contributed by atoms with Crippen molar-refractivity contribution in [2.75, 3.05) is 26.4 Å². The van der Waals surface area contributed by atoms with Crippen LogP contribution < -0.4 is 9.47 Å². The number of fused-ring (bicyclic) bond motifs is 3. The van der Waals surface area contributed by atoms with Gasteiger partial charge in [0.15, 0.2) is 11.5 Å². The minimum absolute atomic E-state index is 0.139. The fourth-order valence-corrected chi connectivity index (χ4v) is 5.88. The highest BCUT2D eigenvalue weighted by molar-refractivity contribution is 5.95. The number of benzene rings is 2. The third-order valence-corrected chi connectivity index (χ3v) is 7.18. The molecule has 7 rings (SSSR count). The van der Waals surface area contributed by atoms with Crippen LogP contribution >= 0.6 is 0 Å². The Morgan fingerprint density at radius 3 is 2.62 bits per heavy atom. The maximum Gasteiger partial charge on any atom is 0.257 e. The average molecular weight is 394 g/mol. The predicted octanol–water partition coefficient (Wildman–Crippen LogP) is 3.26. The summed E-state index contributed by atoms with van der Waals surface area (Å²) < 4.78 is 25.4. The van der Waals surface area contributed by atoms with Gasteiger partial charge in [-0.3, -0.25) is 9.69 Å². The Labute approximate surface area is 169 Å². The molecule has 150 valence electrons. The van der Waals surface area contributed by atoms with Gasteiger partial charge < -0.3 is 14.4 Å². The van der Waals surface area contributed by atoms with Crippen LogP contribution in [0.1, 0.15) is 34.7 Å². The molecule has 2 aromatic rings. The van der Waals surface area contributed by atoms with E-state index in [4.69, 9.17) is 9.47 Å². The molecule has 0 unspecified atom stereocenters. The number of halogens is 1. The SMILES string of the molecule is O=C(c1ccccc1F)N1C[C@@H](c2ccc3c(c2)OCO3)[C@@H]2[C@H]1C1CCN2CC1. The Morgan fingerprint density at radius 2 is 1.79 bits per heavy atom. The fraction of sp³-hybridized carbons (Fsp3) is 0.435. The van der Waals surface area contributed by atoms with E-state index in [1.54, 1.807) is 18.2 Å². The van der Waals surface area contributed by atoms with Crippen LogP contribution in [0.4, 0.5) is 4.39 Å². The molecule has 0 spiro atoms. The summed E-state index contributed by atoms with van der Waals surface area (Å²) in [5.41, 5.74) is 1.34. The fourth-order valence-electron chi connectivity index (χ4n) is 5.88. The first-order valence-electron chi connectivity index (χ1n) is 10.4. The highest BCUT2D eigenvalue weighted by Crippen LogP contribution is 2.48. The van der Waals surface area contributed by atoms with Crippen molar-refractivity contribution in [3.05, 3.63) is 59.4 Å². The van der Waals surface area contributed by atoms with Crippen LogP contribution in [0.25, 0.3) is 0 Å². The molecule has 0 saturated carbocycles. The molecular formula is C23H23FN2O3. The molecule has 6 heteroatoms. The minimum Gasteiger partial charge on any atom is -0.454 e. The van der Waals surface area contributed by atoms with Crippen molar-refractivity contribution in [3.63, 3.8) is 0 Å². The number of carbonyl (C=O) groups excluding carboxylic acids is 1. The molecule has 4 saturated heterocycles. The van der Waals surface area contributed by atoms with Gasteiger partial charge in [0.05, 0.1) is 11.6 Å². The number of rotatable bonds is 2. The topological polar surface area (TPSA) is 42.0 Å². The van der Waals surface area contributed by atoms with Crippen molar-refractivity contribution < 1.29 is 18.7 Å². The van der Waals surface area contributed by atoms with Crippen molar-refractivity contribution in [2.45, 2.75) is 30.8 Å². The van der Waals surface area contributed by atoms with Crippen molar-refractivity contribution in [1.82, 2.24) is 9.80 Å². The molecule has 0 N–H and O–H groups in total. The highest BCUT2D eigenvalue weighted by atomic mass is 19.1. The number of likely N-dealkylation sites (tertiary alicyclic amines) is 1. The molecule has 2 bridgehead atoms. The second kappa shape index (κ2) is 6.46. The van der Waals surface area contributed by atoms with Gasteiger partial charge in [0.2, 0.25) is 6.79 Å². The third-order valence-electron chi connectivity index (χ3n) is 7.18. The van der Waals surface area contributed by atoms with Crippen LogP contribution in [-0.4, -0.2) is 54.2 Å². The maximum absolute atomic E-state index is 14.4. The Morgan fingerprint density at radius 1 is 1.00 bits per heavy atom. The van der Waals surface area contributed by atoms with Crippen molar-refractivity contribution in [1.29, 1.82) is 0 Å². The zero-order valence-electron chi connectivity index (χ0n) is 16.1. The molecule has 0 radical (unpaired) electrons. The average Bonchev–Trinajstić information content (AvgIpc) is 3.40. The molecule has 1 amide bonds. The van der Waals surface area contributed by atoms with E-state index in [0.29, 0.717) is 12.5 Å². The van der Waals surface area contributed by atoms with Gasteiger partial charge in [0.1, 0.15) is 5.82 Å². The molecule has 5 aliphatic heterocycles. The number of amides is 1. The summed E-state index contributed by atoms with van der Waals surface area (Å²) in [5.74, 6) is 1.59. The summed E-state index contributed by atoms with van der Waals surface area (Å²) in [5, 5.41) is 0. The second-order valence-corrected chi connectivity index (χ2v) is 8.51. The van der Waals surface area contributed by atoms with Crippen molar-refractivity contribution in [3.8, 4) is 11.5 Å². The van der Waals surface area contributed by atoms with Crippen molar-refractivity contribution >= 4 is 5.91 Å². The van der Waals surface area contributed by atoms with Crippen LogP contribution in [-0.2, 0) is 0 Å². The summed E-state index contributed by atoms with van der Waals surface area (Å²) in [6.45, 7) is 3.01. The van der Waals surface area contributed by atoms with Gasteiger partial charge >= 0.3 is 0 Å². The molecule has 0 aliphatic carbocycles. The normalized spacial score (nSPS) is 31.8. The van der Waals surface area contributed by atoms with Gasteiger partial charge in [-0.15, -0.1) is 0 Å². The number of nitrogens with zero attached hydrogens (tertiary/aromatic N) is 2. The lowest BCUT2D eigenvalue weighted by atomic mass is 9.75. The van der Waals surface area contributed by atoms with E-state index in [1.165, 1.54) is 11.6 Å². The number of piperidine rings is 3. The molecular weight excluding hydrogens is 371 g/mol. The number of carbonyl (C=O) groups is 1. The minimum atomic E-state index is -0.443. The predicted molar refractivity (Wildman–Crippen MR) is 105 cm³/mol. The monoisotopic (exact) mass is 394 g/mol. The summed E-state index contributed by atoms with van der Waals surface area (Å²) >= 11 is 0. The highest BCUT2D eigenvalue weighted by Gasteiger charge is 2.55. The molecule has 5 heterocycles. The Kier molecular flexibility index (Phi) is 3.85. The summed E-state index contributed by atoms with van der Waals surface area (Å²) in [7, 11) is 0. The first kappa shape index (κ1) is 17.3. The molecule has 5 nitrogen and oxygen atoms in total. The number of hydrogen-bond donors (Lipinski definition) is 0. The van der Waals surface area contributed by atoms with E-state index in [1.807, 2.05) is 11.0 Å². The van der Waals surface area contributed by atoms with E-state index in [9.17, 15) is 9.18 Å². The smallest absolute Gasteiger partial charge is 0.257 e. The largest absolute Gasteiger partial charge is 0.454 e. The zero-order valence-corrected chi connectivity index (χ0v) is 16.1. The van der Waals surface area contributed by atoms with Gasteiger partial charge in [0, 0.05) is 18.5 Å². The molecule has 2 aromatic carbocycles. The lowest BCUT2D eigenvalue weighted by Gasteiger charge is -2.51. The first-order valence-corrected chi connectivity index (χ1v) is 10.4. The maximum atomic E-state index is 14.4. The van der Waals surface area contributed by atoms with E-state index < -0.39 is 5.82 Å². The van der Waals surface area contributed by atoms with Crippen LogP contribution in [0.2, 0.25) is 0 Å². The molecule has 29 heavy (non-hydrogen) atoms. The summed E-state index contributed by atoms with van der Waals surface area (Å²) in [6.07, 6.45) is 2.21. The summed E-state index contributed by atoms with van der Waals surface area (Å²) in [6, 6.07) is 12.9. The van der Waals surface area contributed by atoms with Gasteiger partial charge in [-0.2, -0.15) is 0 Å². The van der Waals surface area contributed by atoms with Crippen LogP contribution in [0.15, 0.2) is 42.5 Å². The third kappa shape index (κ3) is 2.58. The Balaban J connectivity index is 1.39. The van der Waals surface area contributed by atoms with Gasteiger partial charge in [-0.1, -0.05) is 18.2 Å².